The number of urea groups is 1. The summed E-state index contributed by atoms with van der Waals surface area (Å²) in [4.78, 5) is 30.2. The largest absolute Gasteiger partial charge is 0.489 e. The molecule has 2 amide bonds. The average Bonchev–Trinajstić information content (AvgIpc) is 3.29. The number of aliphatic hydroxyl groups is 2. The molecule has 0 radical (unpaired) electrons. The number of nitrogens with one attached hydrogen (secondary N) is 1. The molecule has 2 aliphatic heterocycles. The molecule has 0 spiro atoms. The van der Waals surface area contributed by atoms with Gasteiger partial charge in [0.25, 0.3) is 0 Å². The summed E-state index contributed by atoms with van der Waals surface area (Å²) in [5.74, 6) is 0.695. The van der Waals surface area contributed by atoms with Gasteiger partial charge in [0, 0.05) is 24.7 Å². The summed E-state index contributed by atoms with van der Waals surface area (Å²) in [6.45, 7) is 2.40. The lowest BCUT2D eigenvalue weighted by Gasteiger charge is -2.36. The lowest BCUT2D eigenvalue weighted by atomic mass is 10.1. The van der Waals surface area contributed by atoms with Crippen LogP contribution in [0.5, 0.6) is 5.75 Å². The van der Waals surface area contributed by atoms with Gasteiger partial charge in [0.05, 0.1) is 42.0 Å². The van der Waals surface area contributed by atoms with Crippen LogP contribution in [0.3, 0.4) is 0 Å². The maximum atomic E-state index is 13.5. The number of carbonyl (C=O) groups excluding carboxylic acids is 1. The Labute approximate surface area is 215 Å². The molecule has 2 bridgehead atoms. The van der Waals surface area contributed by atoms with Crippen LogP contribution in [0.15, 0.2) is 42.7 Å². The maximum Gasteiger partial charge on any atom is 0.416 e. The van der Waals surface area contributed by atoms with Crippen LogP contribution in [-0.2, 0) is 6.18 Å². The molecule has 10 nitrogen and oxygen atoms in total. The van der Waals surface area contributed by atoms with E-state index in [1.165, 1.54) is 35.5 Å². The van der Waals surface area contributed by atoms with Crippen LogP contribution in [0.4, 0.5) is 35.2 Å². The number of benzene rings is 1. The molecule has 38 heavy (non-hydrogen) atoms. The number of rotatable bonds is 6. The highest BCUT2D eigenvalue weighted by molar-refractivity contribution is 6.05. The van der Waals surface area contributed by atoms with E-state index in [1.807, 2.05) is 0 Å². The van der Waals surface area contributed by atoms with Crippen LogP contribution >= 0.6 is 0 Å². The van der Waals surface area contributed by atoms with E-state index < -0.39 is 30.5 Å². The number of aliphatic hydroxyl groups excluding tert-OH is 2. The number of nitrogens with zero attached hydrogens (tertiary/aromatic N) is 5. The van der Waals surface area contributed by atoms with Crippen LogP contribution in [0, 0.1) is 6.92 Å². The molecule has 1 saturated heterocycles. The Hall–Kier alpha value is -3.97. The smallest absolute Gasteiger partial charge is 0.416 e. The van der Waals surface area contributed by atoms with Crippen molar-refractivity contribution in [2.24, 2.45) is 0 Å². The predicted molar refractivity (Wildman–Crippen MR) is 132 cm³/mol. The highest BCUT2D eigenvalue weighted by atomic mass is 19.4. The van der Waals surface area contributed by atoms with Gasteiger partial charge in [-0.1, -0.05) is 12.1 Å². The van der Waals surface area contributed by atoms with Crippen LogP contribution in [0.1, 0.15) is 17.7 Å². The first-order valence-electron chi connectivity index (χ1n) is 11.9. The molecule has 13 heteroatoms. The zero-order chi connectivity index (χ0) is 27.0. The minimum atomic E-state index is -4.52. The third-order valence-corrected chi connectivity index (χ3v) is 6.40. The van der Waals surface area contributed by atoms with Gasteiger partial charge in [-0.3, -0.25) is 9.88 Å². The Bertz CT molecular complexity index is 1350. The number of fused-ring (bicyclic) bond motifs is 4. The average molecular weight is 531 g/mol. The molecule has 200 valence electrons. The van der Waals surface area contributed by atoms with Crippen molar-refractivity contribution in [3.63, 3.8) is 0 Å². The number of alkyl halides is 3. The summed E-state index contributed by atoms with van der Waals surface area (Å²) in [6.07, 6.45) is -2.06. The van der Waals surface area contributed by atoms with E-state index >= 15 is 0 Å². The molecule has 1 unspecified atom stereocenters. The van der Waals surface area contributed by atoms with Gasteiger partial charge in [0.15, 0.2) is 11.6 Å². The first-order chi connectivity index (χ1) is 18.1. The number of halogens is 3. The molecule has 1 fully saturated rings. The molecule has 0 aliphatic carbocycles. The Kier molecular flexibility index (Phi) is 6.80. The summed E-state index contributed by atoms with van der Waals surface area (Å²) in [5, 5.41) is 21.2. The van der Waals surface area contributed by atoms with Crippen LogP contribution in [-0.4, -0.2) is 69.6 Å². The molecule has 5 rings (SSSR count). The van der Waals surface area contributed by atoms with Gasteiger partial charge in [-0.05, 0) is 25.5 Å². The SMILES string of the molecule is Cc1nc(-c2cccc(C(F)(F)F)c2)nc2c1N1CC[C@@H](C1)N2C(=O)Nc1cncc(OCC(O)CO)c1. The summed E-state index contributed by atoms with van der Waals surface area (Å²) in [5.41, 5.74) is 0.932. The van der Waals surface area contributed by atoms with Crippen LogP contribution in [0.25, 0.3) is 11.4 Å². The minimum Gasteiger partial charge on any atom is -0.489 e. The van der Waals surface area contributed by atoms with Gasteiger partial charge < -0.3 is 25.2 Å². The highest BCUT2D eigenvalue weighted by Gasteiger charge is 2.42. The molecule has 3 aromatic rings. The van der Waals surface area contributed by atoms with Gasteiger partial charge >= 0.3 is 12.2 Å². The van der Waals surface area contributed by atoms with Gasteiger partial charge in [-0.2, -0.15) is 13.2 Å². The molecule has 2 aliphatic rings. The molecular formula is C25H25F3N6O4. The molecular weight excluding hydrogens is 505 g/mol. The second kappa shape index (κ2) is 10.1. The summed E-state index contributed by atoms with van der Waals surface area (Å²) < 4.78 is 45.3. The van der Waals surface area contributed by atoms with E-state index in [0.717, 1.165) is 12.1 Å². The van der Waals surface area contributed by atoms with Crippen molar-refractivity contribution >= 4 is 23.2 Å². The van der Waals surface area contributed by atoms with E-state index in [0.29, 0.717) is 42.4 Å². The molecule has 2 atom stereocenters. The van der Waals surface area contributed by atoms with Crippen molar-refractivity contribution in [2.45, 2.75) is 31.7 Å². The standard InChI is InChI=1S/C25H25F3N6O4/c1-14-21-23(32-22(30-14)15-3-2-4-16(7-15)25(26,27)28)34(18-5-6-33(21)11-18)24(37)31-17-8-20(10-29-9-17)38-13-19(36)12-35/h2-4,7-10,18-19,35-36H,5-6,11-13H2,1H3,(H,31,37)/t18-,19?/m0/s1. The number of carbonyl (C=O) groups is 1. The van der Waals surface area contributed by atoms with Crippen LogP contribution < -0.4 is 19.9 Å². The second-order valence-electron chi connectivity index (χ2n) is 9.13. The number of hydrogen-bond acceptors (Lipinski definition) is 8. The number of amides is 2. The Morgan fingerprint density at radius 1 is 1.26 bits per heavy atom. The van der Waals surface area contributed by atoms with Gasteiger partial charge in [0.1, 0.15) is 24.1 Å². The zero-order valence-electron chi connectivity index (χ0n) is 20.3. The second-order valence-corrected chi connectivity index (χ2v) is 9.13. The zero-order valence-corrected chi connectivity index (χ0v) is 20.3. The van der Waals surface area contributed by atoms with Crippen molar-refractivity contribution in [1.82, 2.24) is 15.0 Å². The number of pyridine rings is 1. The maximum absolute atomic E-state index is 13.5. The summed E-state index contributed by atoms with van der Waals surface area (Å²) in [6, 6.07) is 5.63. The van der Waals surface area contributed by atoms with Gasteiger partial charge in [-0.15, -0.1) is 0 Å². The third kappa shape index (κ3) is 5.07. The fourth-order valence-electron chi connectivity index (χ4n) is 4.64. The van der Waals surface area contributed by atoms with E-state index in [-0.39, 0.29) is 29.8 Å². The first kappa shape index (κ1) is 25.7. The molecule has 1 aromatic carbocycles. The lowest BCUT2D eigenvalue weighted by Crippen LogP contribution is -2.48. The number of ether oxygens (including phenoxy) is 1. The number of aromatic nitrogens is 3. The fraction of sp³-hybridized carbons (Fsp3) is 0.360. The highest BCUT2D eigenvalue weighted by Crippen LogP contribution is 2.42. The summed E-state index contributed by atoms with van der Waals surface area (Å²) in [7, 11) is 0. The predicted octanol–water partition coefficient (Wildman–Crippen LogP) is 3.23. The molecule has 2 aromatic heterocycles. The minimum absolute atomic E-state index is 0.0900. The van der Waals surface area contributed by atoms with Crippen molar-refractivity contribution in [1.29, 1.82) is 0 Å². The monoisotopic (exact) mass is 530 g/mol. The number of hydrogen-bond donors (Lipinski definition) is 3. The molecule has 0 saturated carbocycles. The van der Waals surface area contributed by atoms with E-state index in [4.69, 9.17) is 9.84 Å². The Balaban J connectivity index is 1.46. The van der Waals surface area contributed by atoms with Crippen molar-refractivity contribution in [2.75, 3.05) is 41.4 Å². The topological polar surface area (TPSA) is 124 Å². The number of aryl methyl sites for hydroxylation is 1. The first-order valence-corrected chi connectivity index (χ1v) is 11.9. The lowest BCUT2D eigenvalue weighted by molar-refractivity contribution is -0.137. The Morgan fingerprint density at radius 3 is 2.84 bits per heavy atom. The van der Waals surface area contributed by atoms with E-state index in [9.17, 15) is 23.1 Å². The molecule has 3 N–H and O–H groups in total. The van der Waals surface area contributed by atoms with Crippen molar-refractivity contribution < 1.29 is 32.9 Å². The Morgan fingerprint density at radius 2 is 2.08 bits per heavy atom. The number of anilines is 3. The quantitative estimate of drug-likeness (QED) is 0.444. The van der Waals surface area contributed by atoms with E-state index in [1.54, 1.807) is 6.92 Å². The van der Waals surface area contributed by atoms with Crippen molar-refractivity contribution in [3.05, 3.63) is 54.0 Å². The van der Waals surface area contributed by atoms with Gasteiger partial charge in [-0.25, -0.2) is 14.8 Å². The van der Waals surface area contributed by atoms with Crippen LogP contribution in [0.2, 0.25) is 0 Å². The summed E-state index contributed by atoms with van der Waals surface area (Å²) >= 11 is 0. The van der Waals surface area contributed by atoms with Crippen molar-refractivity contribution in [3.8, 4) is 17.1 Å². The normalized spacial score (nSPS) is 17.3. The van der Waals surface area contributed by atoms with Gasteiger partial charge in [0.2, 0.25) is 0 Å². The third-order valence-electron chi connectivity index (χ3n) is 6.40. The molecule has 4 heterocycles. The fourth-order valence-corrected chi connectivity index (χ4v) is 4.64. The van der Waals surface area contributed by atoms with E-state index in [2.05, 4.69) is 25.2 Å².